The van der Waals surface area contributed by atoms with Crippen molar-refractivity contribution in [1.82, 2.24) is 14.9 Å². The molecule has 34 heavy (non-hydrogen) atoms. The van der Waals surface area contributed by atoms with E-state index >= 15 is 0 Å². The first kappa shape index (κ1) is 24.8. The lowest BCUT2D eigenvalue weighted by molar-refractivity contribution is -0.139. The number of carboxylic acids is 1. The zero-order valence-electron chi connectivity index (χ0n) is 18.9. The van der Waals surface area contributed by atoms with Crippen LogP contribution >= 0.6 is 11.8 Å². The van der Waals surface area contributed by atoms with E-state index in [4.69, 9.17) is 0 Å². The number of aryl methyl sites for hydroxylation is 1. The van der Waals surface area contributed by atoms with Gasteiger partial charge in [-0.3, -0.25) is 9.59 Å². The summed E-state index contributed by atoms with van der Waals surface area (Å²) in [6, 6.07) is 13.3. The van der Waals surface area contributed by atoms with Gasteiger partial charge >= 0.3 is 5.97 Å². The topological polar surface area (TPSA) is 101 Å². The minimum atomic E-state index is -1.07. The Morgan fingerprint density at radius 3 is 2.59 bits per heavy atom. The minimum absolute atomic E-state index is 0.118. The summed E-state index contributed by atoms with van der Waals surface area (Å²) in [7, 11) is 1.83. The van der Waals surface area contributed by atoms with E-state index < -0.39 is 17.9 Å². The molecular formula is C26H25N3O4S. The summed E-state index contributed by atoms with van der Waals surface area (Å²) in [4.78, 5) is 41.0. The van der Waals surface area contributed by atoms with Crippen molar-refractivity contribution in [2.24, 2.45) is 7.05 Å². The van der Waals surface area contributed by atoms with Gasteiger partial charge in [0.05, 0.1) is 18.4 Å². The predicted molar refractivity (Wildman–Crippen MR) is 133 cm³/mol. The lowest BCUT2D eigenvalue weighted by Gasteiger charge is -2.16. The molecule has 0 saturated heterocycles. The molecule has 0 unspecified atom stereocenters. The SMILES string of the molecule is CSCC[C@H](NC(=O)c1ccc(C#CC(=O)Cc2cn(C)cn2)cc1-c1ccccc1)C(=O)O. The predicted octanol–water partition coefficient (Wildman–Crippen LogP) is 3.19. The maximum Gasteiger partial charge on any atom is 0.326 e. The van der Waals surface area contributed by atoms with Crippen molar-refractivity contribution in [2.45, 2.75) is 18.9 Å². The highest BCUT2D eigenvalue weighted by molar-refractivity contribution is 7.98. The normalized spacial score (nSPS) is 11.2. The van der Waals surface area contributed by atoms with E-state index in [1.807, 2.05) is 43.6 Å². The average molecular weight is 476 g/mol. The molecule has 0 saturated carbocycles. The number of benzene rings is 2. The van der Waals surface area contributed by atoms with Gasteiger partial charge in [0.25, 0.3) is 5.91 Å². The van der Waals surface area contributed by atoms with Gasteiger partial charge in [0, 0.05) is 24.4 Å². The number of thioether (sulfide) groups is 1. The Balaban J connectivity index is 1.87. The molecule has 1 amide bonds. The Bertz CT molecular complexity index is 1240. The number of nitrogens with one attached hydrogen (secondary N) is 1. The number of aromatic nitrogens is 2. The van der Waals surface area contributed by atoms with E-state index in [0.29, 0.717) is 34.6 Å². The molecule has 174 valence electrons. The van der Waals surface area contributed by atoms with Crippen molar-refractivity contribution < 1.29 is 19.5 Å². The standard InChI is InChI=1S/C26H25N3O4S/c1-29-16-20(27-17-29)15-21(30)10-8-18-9-11-22(23(14-18)19-6-4-3-5-7-19)25(31)28-24(26(32)33)12-13-34-2/h3-7,9,11,14,16-17,24H,12-13,15H2,1-2H3,(H,28,31)(H,32,33)/t24-/m0/s1. The Morgan fingerprint density at radius 2 is 1.94 bits per heavy atom. The summed E-state index contributed by atoms with van der Waals surface area (Å²) in [5, 5.41) is 12.1. The molecular weight excluding hydrogens is 450 g/mol. The van der Waals surface area contributed by atoms with Gasteiger partial charge in [-0.2, -0.15) is 11.8 Å². The smallest absolute Gasteiger partial charge is 0.326 e. The molecule has 0 bridgehead atoms. The summed E-state index contributed by atoms with van der Waals surface area (Å²) >= 11 is 1.52. The number of rotatable bonds is 9. The van der Waals surface area contributed by atoms with Crippen LogP contribution in [0.5, 0.6) is 0 Å². The molecule has 1 aromatic heterocycles. The lowest BCUT2D eigenvalue weighted by Crippen LogP contribution is -2.41. The molecule has 0 fully saturated rings. The first-order valence-electron chi connectivity index (χ1n) is 10.6. The van der Waals surface area contributed by atoms with Crippen LogP contribution < -0.4 is 5.32 Å². The first-order chi connectivity index (χ1) is 16.4. The van der Waals surface area contributed by atoms with Crippen LogP contribution in [-0.2, 0) is 23.1 Å². The molecule has 0 spiro atoms. The number of nitrogens with zero attached hydrogens (tertiary/aromatic N) is 2. The first-order valence-corrected chi connectivity index (χ1v) is 12.0. The van der Waals surface area contributed by atoms with Crippen molar-refractivity contribution in [1.29, 1.82) is 0 Å². The van der Waals surface area contributed by atoms with Crippen LogP contribution in [0.15, 0.2) is 61.1 Å². The monoisotopic (exact) mass is 475 g/mol. The summed E-state index contributed by atoms with van der Waals surface area (Å²) in [6.45, 7) is 0. The largest absolute Gasteiger partial charge is 0.480 e. The molecule has 0 aliphatic rings. The molecule has 1 atom stereocenters. The minimum Gasteiger partial charge on any atom is -0.480 e. The summed E-state index contributed by atoms with van der Waals surface area (Å²) in [6.07, 6.45) is 5.72. The van der Waals surface area contributed by atoms with Crippen molar-refractivity contribution in [2.75, 3.05) is 12.0 Å². The Labute approximate surface area is 202 Å². The third-order valence-electron chi connectivity index (χ3n) is 5.01. The zero-order valence-corrected chi connectivity index (χ0v) is 19.8. The third-order valence-corrected chi connectivity index (χ3v) is 5.65. The van der Waals surface area contributed by atoms with Gasteiger partial charge < -0.3 is 15.0 Å². The highest BCUT2D eigenvalue weighted by atomic mass is 32.2. The third kappa shape index (κ3) is 6.83. The maximum atomic E-state index is 13.0. The van der Waals surface area contributed by atoms with Gasteiger partial charge in [-0.25, -0.2) is 9.78 Å². The van der Waals surface area contributed by atoms with E-state index in [9.17, 15) is 19.5 Å². The fourth-order valence-electron chi connectivity index (χ4n) is 3.31. The lowest BCUT2D eigenvalue weighted by atomic mass is 9.96. The maximum absolute atomic E-state index is 13.0. The van der Waals surface area contributed by atoms with Crippen LogP contribution in [0.3, 0.4) is 0 Å². The second-order valence-corrected chi connectivity index (χ2v) is 8.64. The number of amides is 1. The highest BCUT2D eigenvalue weighted by Gasteiger charge is 2.22. The summed E-state index contributed by atoms with van der Waals surface area (Å²) in [5.41, 5.74) is 2.95. The molecule has 0 radical (unpaired) electrons. The molecule has 1 heterocycles. The molecule has 0 aliphatic heterocycles. The molecule has 3 rings (SSSR count). The highest BCUT2D eigenvalue weighted by Crippen LogP contribution is 2.25. The van der Waals surface area contributed by atoms with Gasteiger partial charge in [0.15, 0.2) is 0 Å². The van der Waals surface area contributed by atoms with E-state index in [2.05, 4.69) is 22.1 Å². The molecule has 2 aromatic carbocycles. The number of carbonyl (C=O) groups excluding carboxylic acids is 2. The van der Waals surface area contributed by atoms with Crippen molar-refractivity contribution >= 4 is 29.4 Å². The summed E-state index contributed by atoms with van der Waals surface area (Å²) < 4.78 is 1.77. The second kappa shape index (κ2) is 11.9. The van der Waals surface area contributed by atoms with E-state index in [1.54, 1.807) is 35.3 Å². The van der Waals surface area contributed by atoms with Crippen molar-refractivity contribution in [3.05, 3.63) is 77.9 Å². The van der Waals surface area contributed by atoms with E-state index in [1.165, 1.54) is 11.8 Å². The van der Waals surface area contributed by atoms with Gasteiger partial charge in [-0.15, -0.1) is 0 Å². The van der Waals surface area contributed by atoms with Gasteiger partial charge in [0.1, 0.15) is 6.04 Å². The van der Waals surface area contributed by atoms with Crippen LogP contribution in [-0.4, -0.2) is 50.4 Å². The van der Waals surface area contributed by atoms with Gasteiger partial charge in [-0.1, -0.05) is 36.3 Å². The number of imidazole rings is 1. The molecule has 7 nitrogen and oxygen atoms in total. The molecule has 3 aromatic rings. The quantitative estimate of drug-likeness (QED) is 0.461. The molecule has 0 aliphatic carbocycles. The summed E-state index contributed by atoms with van der Waals surface area (Å²) in [5.74, 6) is 4.31. The van der Waals surface area contributed by atoms with Crippen LogP contribution in [0.1, 0.15) is 28.0 Å². The average Bonchev–Trinajstić information content (AvgIpc) is 3.24. The zero-order chi connectivity index (χ0) is 24.5. The number of hydrogen-bond acceptors (Lipinski definition) is 5. The van der Waals surface area contributed by atoms with Gasteiger partial charge in [-0.05, 0) is 53.7 Å². The van der Waals surface area contributed by atoms with E-state index in [-0.39, 0.29) is 12.2 Å². The van der Waals surface area contributed by atoms with Crippen LogP contribution in [0.4, 0.5) is 0 Å². The number of Topliss-reactive ketones (excluding diaryl/α,β-unsaturated/α-hetero) is 1. The number of aliphatic carboxylic acids is 1. The van der Waals surface area contributed by atoms with Crippen molar-refractivity contribution in [3.63, 3.8) is 0 Å². The fraction of sp³-hybridized carbons (Fsp3) is 0.231. The Kier molecular flexibility index (Phi) is 8.66. The van der Waals surface area contributed by atoms with Crippen molar-refractivity contribution in [3.8, 4) is 23.0 Å². The van der Waals surface area contributed by atoms with E-state index in [0.717, 1.165) is 5.56 Å². The number of ketones is 1. The van der Waals surface area contributed by atoms with Crippen LogP contribution in [0.2, 0.25) is 0 Å². The number of hydrogen-bond donors (Lipinski definition) is 2. The molecule has 8 heteroatoms. The van der Waals surface area contributed by atoms with Gasteiger partial charge in [0.2, 0.25) is 5.78 Å². The number of carboxylic acid groups (broad SMARTS) is 1. The Hall–Kier alpha value is -3.83. The number of carbonyl (C=O) groups is 3. The van der Waals surface area contributed by atoms with Crippen LogP contribution in [0, 0.1) is 11.8 Å². The second-order valence-electron chi connectivity index (χ2n) is 7.65. The van der Waals surface area contributed by atoms with Crippen LogP contribution in [0.25, 0.3) is 11.1 Å². The Morgan fingerprint density at radius 1 is 1.18 bits per heavy atom. The fourth-order valence-corrected chi connectivity index (χ4v) is 3.79. The molecule has 2 N–H and O–H groups in total.